The third-order valence-electron chi connectivity index (χ3n) is 14.1. The van der Waals surface area contributed by atoms with Crippen molar-refractivity contribution >= 4 is 43.3 Å². The fraction of sp³-hybridized carbons (Fsp3) is 0.891. The summed E-state index contributed by atoms with van der Waals surface area (Å²) in [7, 11) is -4.27. The fourth-order valence-corrected chi connectivity index (χ4v) is 10.8. The normalized spacial score (nSPS) is 27.5. The highest BCUT2D eigenvalue weighted by atomic mass is 31.2. The summed E-state index contributed by atoms with van der Waals surface area (Å²) in [5.74, 6) is -2.83. The van der Waals surface area contributed by atoms with Gasteiger partial charge < -0.3 is 125 Å². The average Bonchev–Trinajstić information content (AvgIpc) is 0.861. The first-order valence-electron chi connectivity index (χ1n) is 30.8. The maximum atomic E-state index is 13.4. The van der Waals surface area contributed by atoms with Crippen molar-refractivity contribution in [1.29, 1.82) is 0 Å². The molecule has 0 aromatic rings. The highest BCUT2D eigenvalue weighted by Crippen LogP contribution is 2.47. The van der Waals surface area contributed by atoms with E-state index in [0.29, 0.717) is 45.2 Å². The largest absolute Gasteiger partial charge is 0.472 e. The highest BCUT2D eigenvalue weighted by molar-refractivity contribution is 7.47. The van der Waals surface area contributed by atoms with Crippen molar-refractivity contribution in [3.63, 3.8) is 0 Å². The number of carbonyl (C=O) groups is 6. The Bertz CT molecular complexity index is 2120. The van der Waals surface area contributed by atoms with Gasteiger partial charge in [0.15, 0.2) is 18.9 Å². The molecule has 3 fully saturated rings. The molecule has 3 heterocycles. The maximum Gasteiger partial charge on any atom is 0.472 e. The van der Waals surface area contributed by atoms with E-state index in [1.165, 1.54) is 20.8 Å². The lowest BCUT2D eigenvalue weighted by atomic mass is 9.97. The van der Waals surface area contributed by atoms with Crippen molar-refractivity contribution in [2.24, 2.45) is 0 Å². The van der Waals surface area contributed by atoms with E-state index >= 15 is 0 Å². The Hall–Kier alpha value is -3.87. The first-order chi connectivity index (χ1) is 43.6. The Kier molecular flexibility index (Phi) is 39.4. The monoisotopic (exact) mass is 1350 g/mol. The molecular weight excluding hydrogens is 1250 g/mol. The molecule has 0 aromatic heterocycles. The van der Waals surface area contributed by atoms with Crippen LogP contribution in [0.25, 0.3) is 0 Å². The van der Waals surface area contributed by atoms with E-state index < -0.39 is 155 Å². The molecule has 6 amide bonds. The van der Waals surface area contributed by atoms with Gasteiger partial charge in [0.05, 0.1) is 111 Å². The number of hydrogen-bond acceptors (Lipinski definition) is 29. The number of amides is 6. The van der Waals surface area contributed by atoms with Crippen LogP contribution in [-0.4, -0.2) is 338 Å². The molecule has 3 saturated heterocycles. The summed E-state index contributed by atoms with van der Waals surface area (Å²) in [4.78, 5) is 89.1. The minimum Gasteiger partial charge on any atom is -0.394 e. The molecule has 92 heavy (non-hydrogen) atoms. The molecule has 0 aliphatic carbocycles. The number of aliphatic hydroxyl groups excluding tert-OH is 9. The second kappa shape index (κ2) is 44.1. The van der Waals surface area contributed by atoms with Crippen molar-refractivity contribution in [2.75, 3.05) is 145 Å². The molecular formula is C55H103N8O28P. The van der Waals surface area contributed by atoms with Gasteiger partial charge in [-0.2, -0.15) is 0 Å². The second-order valence-corrected chi connectivity index (χ2v) is 24.4. The van der Waals surface area contributed by atoms with E-state index in [9.17, 15) is 84.2 Å². The number of phosphoric ester groups is 1. The highest BCUT2D eigenvalue weighted by Gasteiger charge is 2.48. The van der Waals surface area contributed by atoms with Crippen LogP contribution in [0.3, 0.4) is 0 Å². The Morgan fingerprint density at radius 2 is 0.772 bits per heavy atom. The number of phosphoric acid groups is 1. The van der Waals surface area contributed by atoms with Crippen LogP contribution in [0.15, 0.2) is 0 Å². The zero-order chi connectivity index (χ0) is 68.4. The molecule has 0 saturated carbocycles. The van der Waals surface area contributed by atoms with Gasteiger partial charge in [-0.15, -0.1) is 0 Å². The molecule has 16 N–H and O–H groups in total. The number of rotatable bonds is 46. The van der Waals surface area contributed by atoms with Crippen LogP contribution in [0, 0.1) is 0 Å². The summed E-state index contributed by atoms with van der Waals surface area (Å²) < 4.78 is 73.1. The van der Waals surface area contributed by atoms with Crippen molar-refractivity contribution in [2.45, 2.75) is 171 Å². The minimum atomic E-state index is -4.27. The van der Waals surface area contributed by atoms with Crippen LogP contribution in [0.5, 0.6) is 0 Å². The summed E-state index contributed by atoms with van der Waals surface area (Å²) in [6.45, 7) is 6.94. The summed E-state index contributed by atoms with van der Waals surface area (Å²) in [6.07, 6.45) is -13.5. The number of aliphatic hydroxyl groups is 9. The molecule has 0 radical (unpaired) electrons. The summed E-state index contributed by atoms with van der Waals surface area (Å²) in [5, 5.41) is 107. The van der Waals surface area contributed by atoms with Crippen LogP contribution >= 0.6 is 7.82 Å². The molecule has 0 spiro atoms. The van der Waals surface area contributed by atoms with Gasteiger partial charge in [0.1, 0.15) is 73.1 Å². The molecule has 536 valence electrons. The summed E-state index contributed by atoms with van der Waals surface area (Å²) in [5.41, 5.74) is -0.902. The Morgan fingerprint density at radius 1 is 0.446 bits per heavy atom. The third kappa shape index (κ3) is 32.2. The number of carbonyl (C=O) groups excluding carboxylic acids is 6. The van der Waals surface area contributed by atoms with Crippen molar-refractivity contribution < 1.29 is 136 Å². The fourth-order valence-electron chi connectivity index (χ4n) is 9.72. The van der Waals surface area contributed by atoms with Crippen LogP contribution in [0.2, 0.25) is 0 Å². The standard InChI is InChI=1S/C55H103N8O28P/c1-34(67)59-43-49(76)46(73)37(31-64)88-52(43)84-25-22-81-19-12-56-40(70)28-62(15-9-7-8-10-18-87-92(79,80)91-55(4,5)6)16-11-17-63(29-41(71)57-13-20-82-23-26-85-53-44(60-35(2)68)50(77)47(74)38(32-65)89-53)30-42(72)58-14-21-83-24-27-86-54-45(61-36(3)69)51(78)48(75)39(33-66)90-54/h37-39,43-54,64-66,73-78H,7-33H2,1-6H3,(H,56,70)(H,57,71)(H,58,72)(H,59,67)(H,60,68)(H,61,69)(H,79,80). The van der Waals surface area contributed by atoms with Crippen LogP contribution in [-0.2, 0) is 85.0 Å². The van der Waals surface area contributed by atoms with Crippen molar-refractivity contribution in [3.05, 3.63) is 0 Å². The molecule has 36 nitrogen and oxygen atoms in total. The van der Waals surface area contributed by atoms with E-state index in [1.807, 2.05) is 4.90 Å². The number of nitrogens with zero attached hydrogens (tertiary/aromatic N) is 2. The first-order valence-corrected chi connectivity index (χ1v) is 32.3. The number of ether oxygens (including phenoxy) is 9. The summed E-state index contributed by atoms with van der Waals surface area (Å²) >= 11 is 0. The quantitative estimate of drug-likeness (QED) is 0.0199. The van der Waals surface area contributed by atoms with Gasteiger partial charge in [-0.3, -0.25) is 47.6 Å². The zero-order valence-electron chi connectivity index (χ0n) is 53.4. The van der Waals surface area contributed by atoms with Gasteiger partial charge in [-0.25, -0.2) is 4.57 Å². The molecule has 0 aromatic carbocycles. The Balaban J connectivity index is 1.60. The van der Waals surface area contributed by atoms with Gasteiger partial charge in [0, 0.05) is 47.0 Å². The lowest BCUT2D eigenvalue weighted by Gasteiger charge is -2.42. The van der Waals surface area contributed by atoms with E-state index in [-0.39, 0.29) is 118 Å². The predicted octanol–water partition coefficient (Wildman–Crippen LogP) is -7.25. The van der Waals surface area contributed by atoms with Gasteiger partial charge in [0.25, 0.3) is 0 Å². The Morgan fingerprint density at radius 3 is 1.11 bits per heavy atom. The maximum absolute atomic E-state index is 13.4. The second-order valence-electron chi connectivity index (χ2n) is 23.1. The molecule has 16 unspecified atom stereocenters. The molecule has 16 atom stereocenters. The molecule has 0 bridgehead atoms. The van der Waals surface area contributed by atoms with Crippen LogP contribution < -0.4 is 31.9 Å². The Labute approximate surface area is 535 Å². The van der Waals surface area contributed by atoms with Crippen LogP contribution in [0.1, 0.15) is 73.6 Å². The van der Waals surface area contributed by atoms with Crippen LogP contribution in [0.4, 0.5) is 0 Å². The SMILES string of the molecule is CC(=O)NC1C(OCCOCCNC(=O)CN(CCCCCCOP(=O)(O)OC(C)(C)C)CCCN(CC(=O)NCCOCCOC2OC(CO)C(O)C(O)C2NC(C)=O)CC(=O)NCCOCCOC2OC(CO)C(O)C(O)C2NC(C)=O)OC(CO)C(O)C1O. The number of hydrogen-bond donors (Lipinski definition) is 16. The van der Waals surface area contributed by atoms with Gasteiger partial charge in [-0.05, 0) is 53.1 Å². The molecule has 3 rings (SSSR count). The van der Waals surface area contributed by atoms with Crippen molar-refractivity contribution in [3.8, 4) is 0 Å². The molecule has 37 heteroatoms. The minimum absolute atomic E-state index is 0.00266. The van der Waals surface area contributed by atoms with E-state index in [0.717, 1.165) is 0 Å². The molecule has 3 aliphatic rings. The van der Waals surface area contributed by atoms with Crippen molar-refractivity contribution in [1.82, 2.24) is 41.7 Å². The van der Waals surface area contributed by atoms with Gasteiger partial charge in [-0.1, -0.05) is 12.8 Å². The van der Waals surface area contributed by atoms with E-state index in [4.69, 9.17) is 51.7 Å². The van der Waals surface area contributed by atoms with E-state index in [1.54, 1.807) is 25.7 Å². The van der Waals surface area contributed by atoms with Gasteiger partial charge in [0.2, 0.25) is 35.4 Å². The average molecular weight is 1360 g/mol. The lowest BCUT2D eigenvalue weighted by molar-refractivity contribution is -0.272. The third-order valence-corrected chi connectivity index (χ3v) is 15.3. The number of unbranched alkanes of at least 4 members (excludes halogenated alkanes) is 3. The van der Waals surface area contributed by atoms with Gasteiger partial charge >= 0.3 is 7.82 Å². The smallest absolute Gasteiger partial charge is 0.394 e. The molecule has 3 aliphatic heterocycles. The summed E-state index contributed by atoms with van der Waals surface area (Å²) in [6, 6.07) is -3.43. The predicted molar refractivity (Wildman–Crippen MR) is 318 cm³/mol. The van der Waals surface area contributed by atoms with E-state index in [2.05, 4.69) is 31.9 Å². The number of nitrogens with one attached hydrogen (secondary N) is 6. The topological polar surface area (TPSA) is 502 Å². The zero-order valence-corrected chi connectivity index (χ0v) is 54.3. The first kappa shape index (κ1) is 82.4. The lowest BCUT2D eigenvalue weighted by Crippen LogP contribution is -2.64.